The molecule has 0 aromatic carbocycles. The highest BCUT2D eigenvalue weighted by Gasteiger charge is 2.66. The normalized spacial score (nSPS) is 41.4. The van der Waals surface area contributed by atoms with Crippen LogP contribution >= 0.6 is 0 Å². The van der Waals surface area contributed by atoms with Crippen molar-refractivity contribution in [2.45, 2.75) is 107 Å². The van der Waals surface area contributed by atoms with Gasteiger partial charge in [0.1, 0.15) is 12.1 Å². The van der Waals surface area contributed by atoms with Crippen LogP contribution in [-0.2, 0) is 28.6 Å². The number of methoxy groups -OCH3 is 2. The summed E-state index contributed by atoms with van der Waals surface area (Å²) >= 11 is 0. The van der Waals surface area contributed by atoms with Crippen LogP contribution in [0.2, 0.25) is 0 Å². The SMILES string of the molecule is COC1CCC2C3[NH2+]CCC4C5CC(O[C@@H](C)C(=O)NCCCN6CCCC6=O)CCC5N(C(=O)C2C1OC)C43. The summed E-state index contributed by atoms with van der Waals surface area (Å²) < 4.78 is 18.1. The number of carbonyl (C=O) groups excluding carboxylic acids is 3. The average Bonchev–Trinajstić information content (AvgIpc) is 3.53. The maximum Gasteiger partial charge on any atom is 0.248 e. The Morgan fingerprint density at radius 1 is 1.07 bits per heavy atom. The van der Waals surface area contributed by atoms with E-state index in [0.29, 0.717) is 49.3 Å². The van der Waals surface area contributed by atoms with Gasteiger partial charge in [0, 0.05) is 58.7 Å². The third kappa shape index (κ3) is 4.96. The number of fused-ring (bicyclic) bond motifs is 5. The number of hydrogen-bond donors (Lipinski definition) is 2. The Morgan fingerprint density at radius 3 is 2.67 bits per heavy atom. The molecular formula is C30H49N4O6+. The molecule has 6 fully saturated rings. The Hall–Kier alpha value is -1.75. The van der Waals surface area contributed by atoms with E-state index in [-0.39, 0.29) is 48.0 Å². The Bertz CT molecular complexity index is 964. The predicted molar refractivity (Wildman–Crippen MR) is 146 cm³/mol. The van der Waals surface area contributed by atoms with Crippen molar-refractivity contribution in [3.05, 3.63) is 0 Å². The van der Waals surface area contributed by atoms with Crippen LogP contribution in [0.4, 0.5) is 0 Å². The van der Waals surface area contributed by atoms with Gasteiger partial charge < -0.3 is 34.6 Å². The van der Waals surface area contributed by atoms with Crippen molar-refractivity contribution in [3.63, 3.8) is 0 Å². The molecule has 4 aliphatic heterocycles. The molecule has 4 saturated heterocycles. The molecule has 3 N–H and O–H groups in total. The fourth-order valence-corrected chi connectivity index (χ4v) is 9.54. The van der Waals surface area contributed by atoms with Crippen LogP contribution in [0.1, 0.15) is 64.7 Å². The monoisotopic (exact) mass is 561 g/mol. The highest BCUT2D eigenvalue weighted by Crippen LogP contribution is 2.53. The molecule has 0 spiro atoms. The molecule has 0 radical (unpaired) electrons. The van der Waals surface area contributed by atoms with E-state index in [1.807, 2.05) is 11.8 Å². The van der Waals surface area contributed by atoms with Crippen molar-refractivity contribution in [3.8, 4) is 0 Å². The first-order chi connectivity index (χ1) is 19.4. The van der Waals surface area contributed by atoms with E-state index in [1.54, 1.807) is 14.2 Å². The Labute approximate surface area is 238 Å². The average molecular weight is 562 g/mol. The van der Waals surface area contributed by atoms with Gasteiger partial charge in [-0.3, -0.25) is 14.4 Å². The van der Waals surface area contributed by atoms with E-state index in [4.69, 9.17) is 14.2 Å². The second-order valence-electron chi connectivity index (χ2n) is 13.1. The number of carbonyl (C=O) groups is 3. The van der Waals surface area contributed by atoms with Gasteiger partial charge in [0.2, 0.25) is 17.7 Å². The lowest BCUT2D eigenvalue weighted by atomic mass is 9.64. The summed E-state index contributed by atoms with van der Waals surface area (Å²) in [6.45, 7) is 5.05. The molecule has 0 aromatic rings. The third-order valence-corrected chi connectivity index (χ3v) is 11.2. The molecule has 6 rings (SSSR count). The number of rotatable bonds is 9. The molecule has 10 nitrogen and oxygen atoms in total. The number of hydrogen-bond acceptors (Lipinski definition) is 6. The molecule has 2 aliphatic carbocycles. The molecule has 6 aliphatic rings. The fourth-order valence-electron chi connectivity index (χ4n) is 9.54. The summed E-state index contributed by atoms with van der Waals surface area (Å²) in [5, 5.41) is 5.53. The lowest BCUT2D eigenvalue weighted by Gasteiger charge is -2.53. The lowest BCUT2D eigenvalue weighted by Crippen LogP contribution is -2.99. The number of nitrogens with one attached hydrogen (secondary N) is 1. The first kappa shape index (κ1) is 28.4. The molecular weight excluding hydrogens is 512 g/mol. The third-order valence-electron chi connectivity index (χ3n) is 11.2. The minimum Gasteiger partial charge on any atom is -0.379 e. The van der Waals surface area contributed by atoms with Gasteiger partial charge in [-0.05, 0) is 63.7 Å². The van der Waals surface area contributed by atoms with E-state index in [9.17, 15) is 14.4 Å². The largest absolute Gasteiger partial charge is 0.379 e. The van der Waals surface area contributed by atoms with Gasteiger partial charge in [0.25, 0.3) is 0 Å². The smallest absolute Gasteiger partial charge is 0.248 e. The number of piperidine rings is 2. The molecule has 0 aromatic heterocycles. The van der Waals surface area contributed by atoms with E-state index >= 15 is 0 Å². The molecule has 40 heavy (non-hydrogen) atoms. The zero-order valence-corrected chi connectivity index (χ0v) is 24.5. The van der Waals surface area contributed by atoms with E-state index in [0.717, 1.165) is 64.5 Å². The molecule has 10 heteroatoms. The van der Waals surface area contributed by atoms with Crippen LogP contribution in [-0.4, -0.2) is 110 Å². The van der Waals surface area contributed by atoms with Gasteiger partial charge >= 0.3 is 0 Å². The first-order valence-corrected chi connectivity index (χ1v) is 15.8. The molecule has 4 heterocycles. The minimum absolute atomic E-state index is 0.0241. The van der Waals surface area contributed by atoms with Crippen molar-refractivity contribution < 1.29 is 33.9 Å². The second kappa shape index (κ2) is 11.9. The quantitative estimate of drug-likeness (QED) is 0.391. The first-order valence-electron chi connectivity index (χ1n) is 15.8. The van der Waals surface area contributed by atoms with Gasteiger partial charge in [-0.2, -0.15) is 0 Å². The molecule has 3 amide bonds. The summed E-state index contributed by atoms with van der Waals surface area (Å²) in [7, 11) is 3.47. The van der Waals surface area contributed by atoms with Crippen LogP contribution in [0.25, 0.3) is 0 Å². The molecule has 224 valence electrons. The fraction of sp³-hybridized carbons (Fsp3) is 0.900. The predicted octanol–water partition coefficient (Wildman–Crippen LogP) is 0.290. The zero-order valence-electron chi connectivity index (χ0n) is 24.5. The Morgan fingerprint density at radius 2 is 1.93 bits per heavy atom. The van der Waals surface area contributed by atoms with Gasteiger partial charge in [-0.15, -0.1) is 0 Å². The summed E-state index contributed by atoms with van der Waals surface area (Å²) in [5.41, 5.74) is 0. The highest BCUT2D eigenvalue weighted by molar-refractivity contribution is 5.83. The van der Waals surface area contributed by atoms with Crippen LogP contribution in [0.15, 0.2) is 0 Å². The van der Waals surface area contributed by atoms with Gasteiger partial charge in [-0.25, -0.2) is 0 Å². The van der Waals surface area contributed by atoms with Crippen molar-refractivity contribution in [1.82, 2.24) is 15.1 Å². The number of likely N-dealkylation sites (tertiary alicyclic amines) is 1. The van der Waals surface area contributed by atoms with Crippen molar-refractivity contribution in [2.75, 3.05) is 40.4 Å². The van der Waals surface area contributed by atoms with E-state index < -0.39 is 6.10 Å². The topological polar surface area (TPSA) is 114 Å². The number of quaternary nitrogens is 1. The highest BCUT2D eigenvalue weighted by atomic mass is 16.5. The van der Waals surface area contributed by atoms with E-state index in [2.05, 4.69) is 15.5 Å². The lowest BCUT2D eigenvalue weighted by molar-refractivity contribution is -0.713. The maximum atomic E-state index is 14.2. The number of amides is 3. The van der Waals surface area contributed by atoms with Crippen LogP contribution in [0.5, 0.6) is 0 Å². The molecule has 2 saturated carbocycles. The van der Waals surface area contributed by atoms with Crippen LogP contribution in [0, 0.1) is 23.7 Å². The summed E-state index contributed by atoms with van der Waals surface area (Å²) in [4.78, 5) is 43.0. The van der Waals surface area contributed by atoms with Crippen molar-refractivity contribution in [2.24, 2.45) is 23.7 Å². The van der Waals surface area contributed by atoms with Crippen LogP contribution in [0.3, 0.4) is 0 Å². The van der Waals surface area contributed by atoms with Crippen LogP contribution < -0.4 is 10.6 Å². The Balaban J connectivity index is 1.07. The van der Waals surface area contributed by atoms with Crippen molar-refractivity contribution in [1.29, 1.82) is 0 Å². The minimum atomic E-state index is -0.510. The number of nitrogens with zero attached hydrogens (tertiary/aromatic N) is 2. The van der Waals surface area contributed by atoms with E-state index in [1.165, 1.54) is 0 Å². The number of nitrogens with two attached hydrogens (primary N) is 1. The summed E-state index contributed by atoms with van der Waals surface area (Å²) in [5.74, 6) is 1.58. The summed E-state index contributed by atoms with van der Waals surface area (Å²) in [6, 6.07) is 0.994. The van der Waals surface area contributed by atoms with Crippen molar-refractivity contribution >= 4 is 17.7 Å². The number of ether oxygens (including phenoxy) is 3. The van der Waals surface area contributed by atoms with Gasteiger partial charge in [-0.1, -0.05) is 0 Å². The van der Waals surface area contributed by atoms with Gasteiger partial charge in [0.15, 0.2) is 0 Å². The maximum absolute atomic E-state index is 14.2. The second-order valence-corrected chi connectivity index (χ2v) is 13.1. The standard InChI is InChI=1S/C30H48N4O6/c1-17(29(36)32-12-5-15-33-14-4-6-24(33)35)40-18-7-9-22-21(16-18)19-11-13-31-26-20-8-10-23(38-2)28(39-3)25(20)30(37)34(22)27(19)26/h17-23,25-28,31H,4-16H2,1-3H3,(H,32,36)/p+1/t17-,18?,19?,20?,21?,22?,23?,25?,26?,27?,28?/m0/s1. The zero-order chi connectivity index (χ0) is 28.0. The Kier molecular flexibility index (Phi) is 8.41. The van der Waals surface area contributed by atoms with Gasteiger partial charge in [0.05, 0.1) is 36.8 Å². The molecule has 11 atom stereocenters. The molecule has 10 unspecified atom stereocenters. The molecule has 0 bridgehead atoms. The summed E-state index contributed by atoms with van der Waals surface area (Å²) in [6.07, 6.45) is 7.51.